The smallest absolute Gasteiger partial charge is 0.236 e. The van der Waals surface area contributed by atoms with Crippen LogP contribution in [0.15, 0.2) is 0 Å². The maximum Gasteiger partial charge on any atom is 0.236 e. The summed E-state index contributed by atoms with van der Waals surface area (Å²) < 4.78 is 0. The summed E-state index contributed by atoms with van der Waals surface area (Å²) in [6, 6.07) is -0.291. The van der Waals surface area contributed by atoms with E-state index in [0.29, 0.717) is 11.3 Å². The summed E-state index contributed by atoms with van der Waals surface area (Å²) in [5.74, 6) is 0.751. The highest BCUT2D eigenvalue weighted by molar-refractivity contribution is 5.81. The van der Waals surface area contributed by atoms with E-state index in [-0.39, 0.29) is 11.9 Å². The van der Waals surface area contributed by atoms with Crippen LogP contribution in [-0.2, 0) is 4.79 Å². The van der Waals surface area contributed by atoms with Crippen molar-refractivity contribution in [3.63, 3.8) is 0 Å². The second kappa shape index (κ2) is 6.05. The van der Waals surface area contributed by atoms with Crippen LogP contribution in [0.2, 0.25) is 0 Å². The molecule has 0 aromatic carbocycles. The minimum Gasteiger partial charge on any atom is -0.354 e. The van der Waals surface area contributed by atoms with Crippen LogP contribution in [0.1, 0.15) is 64.7 Å². The summed E-state index contributed by atoms with van der Waals surface area (Å²) >= 11 is 0. The second-order valence-corrected chi connectivity index (χ2v) is 6.42. The van der Waals surface area contributed by atoms with Gasteiger partial charge < -0.3 is 11.1 Å². The van der Waals surface area contributed by atoms with E-state index in [2.05, 4.69) is 12.2 Å². The van der Waals surface area contributed by atoms with Crippen LogP contribution in [0.5, 0.6) is 0 Å². The van der Waals surface area contributed by atoms with E-state index >= 15 is 0 Å². The maximum absolute atomic E-state index is 12.0. The third-order valence-corrected chi connectivity index (χ3v) is 4.99. The Bertz CT molecular complexity index is 280. The standard InChI is InChI=1S/C15H28N2O/c1-2-15(8-9-15)11-17-14(18)13(16)10-12-6-4-3-5-7-12/h12-13H,2-11,16H2,1H3,(H,17,18). The van der Waals surface area contributed by atoms with Crippen LogP contribution in [0.3, 0.4) is 0 Å². The van der Waals surface area contributed by atoms with Crippen LogP contribution in [0.25, 0.3) is 0 Å². The van der Waals surface area contributed by atoms with Crippen molar-refractivity contribution in [2.45, 2.75) is 70.8 Å². The van der Waals surface area contributed by atoms with Crippen LogP contribution < -0.4 is 11.1 Å². The lowest BCUT2D eigenvalue weighted by Crippen LogP contribution is -2.43. The predicted molar refractivity (Wildman–Crippen MR) is 74.1 cm³/mol. The molecule has 2 aliphatic rings. The molecule has 0 radical (unpaired) electrons. The van der Waals surface area contributed by atoms with E-state index in [1.54, 1.807) is 0 Å². The third-order valence-electron chi connectivity index (χ3n) is 4.99. The molecule has 0 aromatic heterocycles. The van der Waals surface area contributed by atoms with Gasteiger partial charge in [0.05, 0.1) is 6.04 Å². The number of carbonyl (C=O) groups is 1. The number of nitrogens with two attached hydrogens (primary N) is 1. The van der Waals surface area contributed by atoms with Gasteiger partial charge >= 0.3 is 0 Å². The van der Waals surface area contributed by atoms with Crippen LogP contribution in [0.4, 0.5) is 0 Å². The molecule has 3 nitrogen and oxygen atoms in total. The zero-order valence-corrected chi connectivity index (χ0v) is 11.7. The summed E-state index contributed by atoms with van der Waals surface area (Å²) in [4.78, 5) is 12.0. The van der Waals surface area contributed by atoms with Crippen LogP contribution >= 0.6 is 0 Å². The fraction of sp³-hybridized carbons (Fsp3) is 0.933. The van der Waals surface area contributed by atoms with Gasteiger partial charge in [0.1, 0.15) is 0 Å². The summed E-state index contributed by atoms with van der Waals surface area (Å²) in [6.45, 7) is 3.04. The van der Waals surface area contributed by atoms with Crippen molar-refractivity contribution in [1.82, 2.24) is 5.32 Å². The molecular weight excluding hydrogens is 224 g/mol. The van der Waals surface area contributed by atoms with E-state index in [9.17, 15) is 4.79 Å². The number of hydrogen-bond donors (Lipinski definition) is 2. The normalized spacial score (nSPS) is 24.6. The molecule has 0 bridgehead atoms. The van der Waals surface area contributed by atoms with Gasteiger partial charge in [-0.2, -0.15) is 0 Å². The van der Waals surface area contributed by atoms with Crippen LogP contribution in [-0.4, -0.2) is 18.5 Å². The molecule has 3 N–H and O–H groups in total. The van der Waals surface area contributed by atoms with E-state index in [0.717, 1.165) is 13.0 Å². The molecule has 2 saturated carbocycles. The Labute approximate surface area is 111 Å². The Hall–Kier alpha value is -0.570. The average molecular weight is 252 g/mol. The first-order valence-electron chi connectivity index (χ1n) is 7.68. The van der Waals surface area contributed by atoms with Crippen molar-refractivity contribution in [3.05, 3.63) is 0 Å². The lowest BCUT2D eigenvalue weighted by Gasteiger charge is -2.24. The molecule has 104 valence electrons. The lowest BCUT2D eigenvalue weighted by atomic mass is 9.85. The summed E-state index contributed by atoms with van der Waals surface area (Å²) in [5.41, 5.74) is 6.44. The molecule has 2 rings (SSSR count). The predicted octanol–water partition coefficient (Wildman–Crippen LogP) is 2.59. The van der Waals surface area contributed by atoms with Crippen molar-refractivity contribution in [3.8, 4) is 0 Å². The largest absolute Gasteiger partial charge is 0.354 e. The van der Waals surface area contributed by atoms with E-state index < -0.39 is 0 Å². The van der Waals surface area contributed by atoms with E-state index in [1.165, 1.54) is 51.4 Å². The topological polar surface area (TPSA) is 55.1 Å². The van der Waals surface area contributed by atoms with Gasteiger partial charge in [0, 0.05) is 6.54 Å². The number of rotatable bonds is 6. The van der Waals surface area contributed by atoms with Gasteiger partial charge in [0.15, 0.2) is 0 Å². The third kappa shape index (κ3) is 3.71. The first kappa shape index (κ1) is 13.9. The fourth-order valence-corrected chi connectivity index (χ4v) is 3.13. The van der Waals surface area contributed by atoms with Crippen molar-refractivity contribution in [2.75, 3.05) is 6.54 Å². The molecule has 0 saturated heterocycles. The molecular formula is C15H28N2O. The van der Waals surface area contributed by atoms with Gasteiger partial charge in [-0.25, -0.2) is 0 Å². The Balaban J connectivity index is 1.67. The molecule has 0 aliphatic heterocycles. The Morgan fingerprint density at radius 1 is 1.33 bits per heavy atom. The first-order chi connectivity index (χ1) is 8.65. The van der Waals surface area contributed by atoms with E-state index in [4.69, 9.17) is 5.73 Å². The van der Waals surface area contributed by atoms with Gasteiger partial charge in [0.2, 0.25) is 5.91 Å². The van der Waals surface area contributed by atoms with Gasteiger partial charge in [-0.1, -0.05) is 39.0 Å². The summed E-state index contributed by atoms with van der Waals surface area (Å²) in [6.07, 6.45) is 11.1. The average Bonchev–Trinajstić information content (AvgIpc) is 3.18. The molecule has 0 spiro atoms. The molecule has 1 atom stereocenters. The molecule has 2 aliphatic carbocycles. The molecule has 0 aromatic rings. The number of hydrogen-bond acceptors (Lipinski definition) is 2. The second-order valence-electron chi connectivity index (χ2n) is 6.42. The minimum absolute atomic E-state index is 0.0697. The van der Waals surface area contributed by atoms with Gasteiger partial charge in [-0.15, -0.1) is 0 Å². The Kier molecular flexibility index (Phi) is 4.66. The Morgan fingerprint density at radius 3 is 2.56 bits per heavy atom. The van der Waals surface area contributed by atoms with Crippen molar-refractivity contribution in [1.29, 1.82) is 0 Å². The highest BCUT2D eigenvalue weighted by atomic mass is 16.2. The van der Waals surface area contributed by atoms with E-state index in [1.807, 2.05) is 0 Å². The SMILES string of the molecule is CCC1(CNC(=O)C(N)CC2CCCCC2)CC1. The minimum atomic E-state index is -0.291. The maximum atomic E-state index is 12.0. The Morgan fingerprint density at radius 2 is 2.00 bits per heavy atom. The lowest BCUT2D eigenvalue weighted by molar-refractivity contribution is -0.123. The van der Waals surface area contributed by atoms with Gasteiger partial charge in [-0.3, -0.25) is 4.79 Å². The first-order valence-corrected chi connectivity index (χ1v) is 7.68. The highest BCUT2D eigenvalue weighted by Gasteiger charge is 2.40. The van der Waals surface area contributed by atoms with Crippen molar-refractivity contribution in [2.24, 2.45) is 17.1 Å². The van der Waals surface area contributed by atoms with Crippen molar-refractivity contribution >= 4 is 5.91 Å². The molecule has 1 unspecified atom stereocenters. The highest BCUT2D eigenvalue weighted by Crippen LogP contribution is 2.47. The molecule has 2 fully saturated rings. The quantitative estimate of drug-likeness (QED) is 0.763. The van der Waals surface area contributed by atoms with Crippen LogP contribution in [0, 0.1) is 11.3 Å². The number of amides is 1. The zero-order valence-electron chi connectivity index (χ0n) is 11.7. The van der Waals surface area contributed by atoms with Gasteiger partial charge in [-0.05, 0) is 37.0 Å². The van der Waals surface area contributed by atoms with Gasteiger partial charge in [0.25, 0.3) is 0 Å². The summed E-state index contributed by atoms with van der Waals surface area (Å²) in [7, 11) is 0. The van der Waals surface area contributed by atoms with Crippen molar-refractivity contribution < 1.29 is 4.79 Å². The molecule has 18 heavy (non-hydrogen) atoms. The fourth-order valence-electron chi connectivity index (χ4n) is 3.13. The monoisotopic (exact) mass is 252 g/mol. The molecule has 3 heteroatoms. The molecule has 0 heterocycles. The number of nitrogens with one attached hydrogen (secondary N) is 1. The zero-order chi connectivity index (χ0) is 13.0. The number of carbonyl (C=O) groups excluding carboxylic acids is 1. The molecule has 1 amide bonds. The summed E-state index contributed by atoms with van der Waals surface area (Å²) in [5, 5.41) is 3.06.